The molecule has 1 heterocycles. The highest BCUT2D eigenvalue weighted by Crippen LogP contribution is 2.33. The number of esters is 1. The van der Waals surface area contributed by atoms with Crippen molar-refractivity contribution in [3.63, 3.8) is 0 Å². The minimum absolute atomic E-state index is 0.288. The van der Waals surface area contributed by atoms with Gasteiger partial charge in [-0.15, -0.1) is 0 Å². The summed E-state index contributed by atoms with van der Waals surface area (Å²) in [7, 11) is -4.50. The van der Waals surface area contributed by atoms with Gasteiger partial charge in [0, 0.05) is 5.56 Å². The van der Waals surface area contributed by atoms with E-state index in [1.54, 1.807) is 24.3 Å². The first-order valence-corrected chi connectivity index (χ1v) is 10.4. The third kappa shape index (κ3) is 5.84. The van der Waals surface area contributed by atoms with Crippen molar-refractivity contribution in [1.29, 1.82) is 0 Å². The fourth-order valence-electron chi connectivity index (χ4n) is 2.41. The average Bonchev–Trinajstić information content (AvgIpc) is 3.20. The van der Waals surface area contributed by atoms with Gasteiger partial charge in [0.1, 0.15) is 30.0 Å². The van der Waals surface area contributed by atoms with Crippen LogP contribution in [-0.4, -0.2) is 25.9 Å². The average molecular weight is 475 g/mol. The predicted octanol–water partition coefficient (Wildman–Crippen LogP) is 4.04. The lowest BCUT2D eigenvalue weighted by atomic mass is 10.2. The molecule has 7 nitrogen and oxygen atoms in total. The zero-order chi connectivity index (χ0) is 22.6. The molecule has 0 aliphatic rings. The van der Waals surface area contributed by atoms with Gasteiger partial charge >= 0.3 is 12.1 Å². The smallest absolute Gasteiger partial charge is 0.416 e. The van der Waals surface area contributed by atoms with Gasteiger partial charge in [-0.25, -0.2) is 13.4 Å². The van der Waals surface area contributed by atoms with Crippen LogP contribution in [0.3, 0.4) is 0 Å². The molecule has 1 N–H and O–H groups in total. The minimum Gasteiger partial charge on any atom is -0.458 e. The summed E-state index contributed by atoms with van der Waals surface area (Å²) in [5.41, 5.74) is -0.193. The number of ether oxygens (including phenoxy) is 1. The molecule has 3 aromatic rings. The molecule has 2 aromatic carbocycles. The van der Waals surface area contributed by atoms with Gasteiger partial charge in [0.2, 0.25) is 15.9 Å². The zero-order valence-electron chi connectivity index (χ0n) is 15.5. The number of nitrogens with zero attached hydrogens (tertiary/aromatic N) is 1. The molecule has 0 saturated carbocycles. The van der Waals surface area contributed by atoms with Crippen molar-refractivity contribution in [3.8, 4) is 11.5 Å². The van der Waals surface area contributed by atoms with E-state index < -0.39 is 44.2 Å². The molecule has 0 amide bonds. The van der Waals surface area contributed by atoms with Crippen molar-refractivity contribution in [2.24, 2.45) is 0 Å². The van der Waals surface area contributed by atoms with Gasteiger partial charge in [-0.05, 0) is 30.3 Å². The summed E-state index contributed by atoms with van der Waals surface area (Å²) < 4.78 is 75.1. The van der Waals surface area contributed by atoms with Gasteiger partial charge in [-0.1, -0.05) is 29.8 Å². The van der Waals surface area contributed by atoms with Crippen molar-refractivity contribution in [1.82, 2.24) is 9.71 Å². The Hall–Kier alpha value is -2.89. The molecule has 0 aliphatic heterocycles. The van der Waals surface area contributed by atoms with Gasteiger partial charge in [-0.3, -0.25) is 4.79 Å². The monoisotopic (exact) mass is 474 g/mol. The number of oxazole rings is 1. The van der Waals surface area contributed by atoms with E-state index in [9.17, 15) is 26.4 Å². The summed E-state index contributed by atoms with van der Waals surface area (Å²) in [5.74, 6) is -0.664. The Labute approximate surface area is 179 Å². The van der Waals surface area contributed by atoms with E-state index >= 15 is 0 Å². The second-order valence-electron chi connectivity index (χ2n) is 6.14. The molecular formula is C19H14ClF3N2O5S. The number of hydrogen-bond donors (Lipinski definition) is 1. The van der Waals surface area contributed by atoms with E-state index in [2.05, 4.69) is 4.98 Å². The molecule has 3 rings (SSSR count). The first-order chi connectivity index (χ1) is 14.6. The van der Waals surface area contributed by atoms with E-state index in [1.807, 2.05) is 10.8 Å². The molecule has 1 aromatic heterocycles. The minimum atomic E-state index is -4.76. The summed E-state index contributed by atoms with van der Waals surface area (Å²) >= 11 is 5.72. The first-order valence-electron chi connectivity index (χ1n) is 8.58. The standard InChI is InChI=1S/C19H14ClF3N2O5S/c20-15-7-6-13(19(21,22)23)8-16(15)31(27,28)24-9-17(26)29-10-14-11-30-18(25-14)12-4-2-1-3-5-12/h1-8,11,24H,9-10H2. The fourth-order valence-corrected chi connectivity index (χ4v) is 3.90. The summed E-state index contributed by atoms with van der Waals surface area (Å²) in [6.45, 7) is -1.11. The van der Waals surface area contributed by atoms with Gasteiger partial charge in [0.05, 0.1) is 10.6 Å². The lowest BCUT2D eigenvalue weighted by Crippen LogP contribution is -2.31. The van der Waals surface area contributed by atoms with Crippen molar-refractivity contribution >= 4 is 27.6 Å². The van der Waals surface area contributed by atoms with Crippen molar-refractivity contribution in [2.75, 3.05) is 6.54 Å². The van der Waals surface area contributed by atoms with Crippen LogP contribution in [0.15, 0.2) is 64.1 Å². The first kappa shape index (κ1) is 22.8. The number of nitrogens with one attached hydrogen (secondary N) is 1. The summed E-state index contributed by atoms with van der Waals surface area (Å²) in [6.07, 6.45) is -3.48. The Kier molecular flexibility index (Phi) is 6.68. The Bertz CT molecular complexity index is 1180. The highest BCUT2D eigenvalue weighted by Gasteiger charge is 2.32. The summed E-state index contributed by atoms with van der Waals surface area (Å²) in [6, 6.07) is 10.8. The van der Waals surface area contributed by atoms with Gasteiger partial charge in [-0.2, -0.15) is 17.9 Å². The largest absolute Gasteiger partial charge is 0.458 e. The number of benzene rings is 2. The highest BCUT2D eigenvalue weighted by atomic mass is 35.5. The Morgan fingerprint density at radius 3 is 2.55 bits per heavy atom. The molecule has 31 heavy (non-hydrogen) atoms. The van der Waals surface area contributed by atoms with Crippen LogP contribution in [0.5, 0.6) is 0 Å². The third-order valence-electron chi connectivity index (χ3n) is 3.91. The highest BCUT2D eigenvalue weighted by molar-refractivity contribution is 7.89. The molecule has 0 unspecified atom stereocenters. The molecule has 0 aliphatic carbocycles. The van der Waals surface area contributed by atoms with E-state index in [0.717, 1.165) is 6.07 Å². The maximum atomic E-state index is 12.8. The van der Waals surface area contributed by atoms with Crippen LogP contribution in [-0.2, 0) is 32.3 Å². The van der Waals surface area contributed by atoms with Crippen LogP contribution in [0, 0.1) is 0 Å². The molecule has 0 atom stereocenters. The zero-order valence-corrected chi connectivity index (χ0v) is 17.1. The van der Waals surface area contributed by atoms with Crippen LogP contribution in [0.4, 0.5) is 13.2 Å². The lowest BCUT2D eigenvalue weighted by Gasteiger charge is -2.11. The van der Waals surface area contributed by atoms with Crippen molar-refractivity contribution in [2.45, 2.75) is 17.7 Å². The van der Waals surface area contributed by atoms with Crippen LogP contribution in [0.1, 0.15) is 11.3 Å². The van der Waals surface area contributed by atoms with Crippen LogP contribution >= 0.6 is 11.6 Å². The van der Waals surface area contributed by atoms with Gasteiger partial charge in [0.15, 0.2) is 0 Å². The molecule has 0 bridgehead atoms. The number of halogens is 4. The van der Waals surface area contributed by atoms with Crippen LogP contribution in [0.2, 0.25) is 5.02 Å². The third-order valence-corrected chi connectivity index (χ3v) is 5.79. The number of rotatable bonds is 7. The number of carbonyl (C=O) groups is 1. The van der Waals surface area contributed by atoms with Gasteiger partial charge < -0.3 is 9.15 Å². The normalized spacial score (nSPS) is 12.0. The van der Waals surface area contributed by atoms with E-state index in [0.29, 0.717) is 23.6 Å². The number of alkyl halides is 3. The molecule has 0 radical (unpaired) electrons. The summed E-state index contributed by atoms with van der Waals surface area (Å²) in [5, 5.41) is -0.426. The fraction of sp³-hybridized carbons (Fsp3) is 0.158. The second kappa shape index (κ2) is 9.08. The maximum Gasteiger partial charge on any atom is 0.416 e. The second-order valence-corrected chi connectivity index (χ2v) is 8.28. The molecular weight excluding hydrogens is 461 g/mol. The Balaban J connectivity index is 1.59. The van der Waals surface area contributed by atoms with Crippen LogP contribution < -0.4 is 4.72 Å². The van der Waals surface area contributed by atoms with Gasteiger partial charge in [0.25, 0.3) is 0 Å². The summed E-state index contributed by atoms with van der Waals surface area (Å²) in [4.78, 5) is 15.2. The molecule has 0 saturated heterocycles. The molecule has 12 heteroatoms. The number of aromatic nitrogens is 1. The van der Waals surface area contributed by atoms with Crippen molar-refractivity contribution < 1.29 is 35.5 Å². The maximum absolute atomic E-state index is 12.8. The number of carbonyl (C=O) groups excluding carboxylic acids is 1. The Morgan fingerprint density at radius 2 is 1.87 bits per heavy atom. The predicted molar refractivity (Wildman–Crippen MR) is 103 cm³/mol. The van der Waals surface area contributed by atoms with E-state index in [1.165, 1.54) is 6.26 Å². The van der Waals surface area contributed by atoms with E-state index in [4.69, 9.17) is 20.8 Å². The number of sulfonamides is 1. The van der Waals surface area contributed by atoms with Crippen LogP contribution in [0.25, 0.3) is 11.5 Å². The van der Waals surface area contributed by atoms with E-state index in [-0.39, 0.29) is 12.3 Å². The topological polar surface area (TPSA) is 98.5 Å². The SMILES string of the molecule is O=C(CNS(=O)(=O)c1cc(C(F)(F)F)ccc1Cl)OCc1coc(-c2ccccc2)n1. The quantitative estimate of drug-likeness (QED) is 0.519. The molecule has 164 valence electrons. The Morgan fingerprint density at radius 1 is 1.16 bits per heavy atom. The van der Waals surface area contributed by atoms with Crippen molar-refractivity contribution in [3.05, 3.63) is 71.1 Å². The number of hydrogen-bond acceptors (Lipinski definition) is 6. The molecule has 0 spiro atoms. The lowest BCUT2D eigenvalue weighted by molar-refractivity contribution is -0.143. The molecule has 0 fully saturated rings.